The summed E-state index contributed by atoms with van der Waals surface area (Å²) >= 11 is 0. The number of anilines is 1. The van der Waals surface area contributed by atoms with Gasteiger partial charge in [-0.25, -0.2) is 0 Å². The number of nitrogens with zero attached hydrogens (tertiary/aromatic N) is 2. The van der Waals surface area contributed by atoms with Gasteiger partial charge in [0.1, 0.15) is 11.6 Å². The maximum Gasteiger partial charge on any atom is 0.249 e. The lowest BCUT2D eigenvalue weighted by Gasteiger charge is -2.13. The zero-order valence-electron chi connectivity index (χ0n) is 14.3. The van der Waals surface area contributed by atoms with E-state index in [0.717, 1.165) is 17.0 Å². The summed E-state index contributed by atoms with van der Waals surface area (Å²) in [4.78, 5) is 12.1. The fourth-order valence-electron chi connectivity index (χ4n) is 2.04. The molecule has 1 heterocycles. The van der Waals surface area contributed by atoms with E-state index in [1.54, 1.807) is 17.9 Å². The van der Waals surface area contributed by atoms with Crippen LogP contribution in [0, 0.1) is 0 Å². The zero-order chi connectivity index (χ0) is 17.0. The molecule has 23 heavy (non-hydrogen) atoms. The van der Waals surface area contributed by atoms with Crippen LogP contribution in [-0.4, -0.2) is 22.8 Å². The van der Waals surface area contributed by atoms with E-state index in [2.05, 4.69) is 31.2 Å². The van der Waals surface area contributed by atoms with Crippen LogP contribution in [0.4, 0.5) is 5.82 Å². The van der Waals surface area contributed by atoms with Gasteiger partial charge in [0.2, 0.25) is 5.91 Å². The first-order valence-electron chi connectivity index (χ1n) is 7.47. The Bertz CT molecular complexity index is 724. The third kappa shape index (κ3) is 4.45. The Morgan fingerprint density at radius 3 is 2.65 bits per heavy atom. The van der Waals surface area contributed by atoms with Gasteiger partial charge in [-0.15, -0.1) is 0 Å². The highest BCUT2D eigenvalue weighted by Gasteiger charge is 2.19. The largest absolute Gasteiger partial charge is 0.497 e. The molecule has 0 fully saturated rings. The molecule has 0 aliphatic carbocycles. The second kappa shape index (κ2) is 6.69. The van der Waals surface area contributed by atoms with Crippen LogP contribution in [0.2, 0.25) is 0 Å². The zero-order valence-corrected chi connectivity index (χ0v) is 14.3. The Balaban J connectivity index is 2.07. The Morgan fingerprint density at radius 2 is 2.04 bits per heavy atom. The van der Waals surface area contributed by atoms with Crippen molar-refractivity contribution in [3.63, 3.8) is 0 Å². The number of carbonyl (C=O) groups is 1. The van der Waals surface area contributed by atoms with Crippen molar-refractivity contribution < 1.29 is 9.53 Å². The Kier molecular flexibility index (Phi) is 4.89. The number of nitrogens with one attached hydrogen (secondary N) is 1. The number of carbonyl (C=O) groups excluding carboxylic acids is 1. The van der Waals surface area contributed by atoms with Crippen molar-refractivity contribution in [3.8, 4) is 5.75 Å². The van der Waals surface area contributed by atoms with Crippen LogP contribution in [0.25, 0.3) is 6.08 Å². The number of hydrogen-bond acceptors (Lipinski definition) is 3. The van der Waals surface area contributed by atoms with E-state index in [0.29, 0.717) is 5.82 Å². The van der Waals surface area contributed by atoms with E-state index in [-0.39, 0.29) is 11.3 Å². The molecule has 0 saturated heterocycles. The van der Waals surface area contributed by atoms with Crippen molar-refractivity contribution in [2.75, 3.05) is 12.4 Å². The van der Waals surface area contributed by atoms with E-state index < -0.39 is 0 Å². The molecule has 1 N–H and O–H groups in total. The summed E-state index contributed by atoms with van der Waals surface area (Å²) in [7, 11) is 3.43. The summed E-state index contributed by atoms with van der Waals surface area (Å²) in [5.74, 6) is 1.24. The molecule has 0 aliphatic rings. The molecule has 0 atom stereocenters. The number of rotatable bonds is 4. The smallest absolute Gasteiger partial charge is 0.249 e. The van der Waals surface area contributed by atoms with Crippen LogP contribution in [0.1, 0.15) is 32.0 Å². The summed E-state index contributed by atoms with van der Waals surface area (Å²) in [6.45, 7) is 6.26. The molecule has 0 spiro atoms. The number of benzene rings is 1. The van der Waals surface area contributed by atoms with Crippen LogP contribution < -0.4 is 10.1 Å². The Labute approximate surface area is 137 Å². The van der Waals surface area contributed by atoms with E-state index in [9.17, 15) is 4.79 Å². The molecule has 1 aromatic carbocycles. The van der Waals surface area contributed by atoms with Gasteiger partial charge < -0.3 is 10.1 Å². The standard InChI is InChI=1S/C18H23N3O2/c1-18(2,3)15-12-16(21(4)20-15)19-17(22)10-9-13-7-6-8-14(11-13)23-5/h6-12H,1-5H3,(H,19,22). The molecule has 2 aromatic rings. The predicted octanol–water partition coefficient (Wildman–Crippen LogP) is 3.38. The fourth-order valence-corrected chi connectivity index (χ4v) is 2.04. The van der Waals surface area contributed by atoms with E-state index in [4.69, 9.17) is 4.74 Å². The lowest BCUT2D eigenvalue weighted by molar-refractivity contribution is -0.111. The van der Waals surface area contributed by atoms with E-state index in [1.807, 2.05) is 37.4 Å². The van der Waals surface area contributed by atoms with Crippen molar-refractivity contribution in [1.82, 2.24) is 9.78 Å². The number of hydrogen-bond donors (Lipinski definition) is 1. The normalized spacial score (nSPS) is 11.7. The first-order valence-corrected chi connectivity index (χ1v) is 7.47. The maximum atomic E-state index is 12.1. The van der Waals surface area contributed by atoms with Crippen LogP contribution in [-0.2, 0) is 17.3 Å². The first-order chi connectivity index (χ1) is 10.8. The van der Waals surface area contributed by atoms with Gasteiger partial charge in [0, 0.05) is 24.6 Å². The first kappa shape index (κ1) is 16.8. The molecule has 5 heteroatoms. The summed E-state index contributed by atoms with van der Waals surface area (Å²) in [5.41, 5.74) is 1.78. The summed E-state index contributed by atoms with van der Waals surface area (Å²) in [6.07, 6.45) is 3.25. The van der Waals surface area contributed by atoms with Crippen LogP contribution in [0.3, 0.4) is 0 Å². The van der Waals surface area contributed by atoms with Gasteiger partial charge in [-0.2, -0.15) is 5.10 Å². The van der Waals surface area contributed by atoms with Crippen LogP contribution >= 0.6 is 0 Å². The lowest BCUT2D eigenvalue weighted by atomic mass is 9.92. The minimum absolute atomic E-state index is 0.0584. The van der Waals surface area contributed by atoms with Crippen molar-refractivity contribution in [2.24, 2.45) is 7.05 Å². The van der Waals surface area contributed by atoms with Crippen LogP contribution in [0.15, 0.2) is 36.4 Å². The molecule has 1 amide bonds. The molecule has 0 aliphatic heterocycles. The molecule has 2 rings (SSSR count). The monoisotopic (exact) mass is 313 g/mol. The van der Waals surface area contributed by atoms with Gasteiger partial charge in [-0.1, -0.05) is 32.9 Å². The second-order valence-corrected chi connectivity index (χ2v) is 6.39. The third-order valence-electron chi connectivity index (χ3n) is 3.42. The summed E-state index contributed by atoms with van der Waals surface area (Å²) < 4.78 is 6.84. The van der Waals surface area contributed by atoms with E-state index in [1.165, 1.54) is 6.08 Å². The molecule has 122 valence electrons. The lowest BCUT2D eigenvalue weighted by Crippen LogP contribution is -2.12. The maximum absolute atomic E-state index is 12.1. The van der Waals surface area contributed by atoms with Crippen molar-refractivity contribution in [2.45, 2.75) is 26.2 Å². The third-order valence-corrected chi connectivity index (χ3v) is 3.42. The number of amides is 1. The Morgan fingerprint density at radius 1 is 1.30 bits per heavy atom. The summed E-state index contributed by atoms with van der Waals surface area (Å²) in [6, 6.07) is 9.42. The fraction of sp³-hybridized carbons (Fsp3) is 0.333. The quantitative estimate of drug-likeness (QED) is 0.880. The molecule has 1 aromatic heterocycles. The average molecular weight is 313 g/mol. The van der Waals surface area contributed by atoms with Crippen molar-refractivity contribution in [3.05, 3.63) is 47.7 Å². The highest BCUT2D eigenvalue weighted by atomic mass is 16.5. The summed E-state index contributed by atoms with van der Waals surface area (Å²) in [5, 5.41) is 7.28. The number of aromatic nitrogens is 2. The number of ether oxygens (including phenoxy) is 1. The van der Waals surface area contributed by atoms with Crippen molar-refractivity contribution >= 4 is 17.8 Å². The topological polar surface area (TPSA) is 56.1 Å². The van der Waals surface area contributed by atoms with Gasteiger partial charge >= 0.3 is 0 Å². The SMILES string of the molecule is COc1cccc(C=CC(=O)Nc2cc(C(C)(C)C)nn2C)c1. The molecular formula is C18H23N3O2. The molecule has 0 radical (unpaired) electrons. The highest BCUT2D eigenvalue weighted by Crippen LogP contribution is 2.23. The van der Waals surface area contributed by atoms with Crippen molar-refractivity contribution in [1.29, 1.82) is 0 Å². The van der Waals surface area contributed by atoms with Gasteiger partial charge in [-0.3, -0.25) is 9.48 Å². The molecular weight excluding hydrogens is 290 g/mol. The molecule has 0 saturated carbocycles. The van der Waals surface area contributed by atoms with Gasteiger partial charge in [0.05, 0.1) is 12.8 Å². The predicted molar refractivity (Wildman–Crippen MR) is 92.6 cm³/mol. The van der Waals surface area contributed by atoms with Gasteiger partial charge in [-0.05, 0) is 23.8 Å². The minimum Gasteiger partial charge on any atom is -0.497 e. The highest BCUT2D eigenvalue weighted by molar-refractivity contribution is 6.01. The number of aryl methyl sites for hydroxylation is 1. The number of methoxy groups -OCH3 is 1. The van der Waals surface area contributed by atoms with Gasteiger partial charge in [0.25, 0.3) is 0 Å². The Hall–Kier alpha value is -2.56. The average Bonchev–Trinajstić information content (AvgIpc) is 2.87. The molecule has 0 unspecified atom stereocenters. The van der Waals surface area contributed by atoms with Crippen LogP contribution in [0.5, 0.6) is 5.75 Å². The van der Waals surface area contributed by atoms with Gasteiger partial charge in [0.15, 0.2) is 0 Å². The van der Waals surface area contributed by atoms with E-state index >= 15 is 0 Å². The molecule has 0 bridgehead atoms. The molecule has 5 nitrogen and oxygen atoms in total. The second-order valence-electron chi connectivity index (χ2n) is 6.39. The minimum atomic E-state index is -0.198.